The van der Waals surface area contributed by atoms with E-state index < -0.39 is 5.97 Å². The van der Waals surface area contributed by atoms with Gasteiger partial charge in [0.05, 0.1) is 12.5 Å². The molecule has 0 aromatic rings. The van der Waals surface area contributed by atoms with Crippen LogP contribution < -0.4 is 10.6 Å². The number of carbonyl (C=O) groups is 2. The Balaban J connectivity index is 1.87. The van der Waals surface area contributed by atoms with E-state index in [1.54, 1.807) is 0 Å². The van der Waals surface area contributed by atoms with Crippen LogP contribution in [0, 0.1) is 17.8 Å². The Morgan fingerprint density at radius 3 is 2.67 bits per heavy atom. The summed E-state index contributed by atoms with van der Waals surface area (Å²) in [5, 5.41) is 15.2. The summed E-state index contributed by atoms with van der Waals surface area (Å²) in [7, 11) is 0. The lowest BCUT2D eigenvalue weighted by Crippen LogP contribution is -2.49. The van der Waals surface area contributed by atoms with Gasteiger partial charge in [-0.1, -0.05) is 6.92 Å². The van der Waals surface area contributed by atoms with E-state index in [4.69, 9.17) is 0 Å². The molecule has 0 radical (unpaired) electrons. The normalized spacial score (nSPS) is 33.6. The van der Waals surface area contributed by atoms with Crippen molar-refractivity contribution in [2.75, 3.05) is 13.1 Å². The van der Waals surface area contributed by atoms with Crippen LogP contribution in [-0.2, 0) is 9.59 Å². The monoisotopic (exact) mass is 254 g/mol. The first-order valence-electron chi connectivity index (χ1n) is 6.86. The minimum atomic E-state index is -0.756. The van der Waals surface area contributed by atoms with E-state index in [1.165, 1.54) is 0 Å². The molecule has 0 heterocycles. The zero-order valence-electron chi connectivity index (χ0n) is 10.8. The highest BCUT2D eigenvalue weighted by molar-refractivity contribution is 5.80. The Morgan fingerprint density at radius 2 is 2.00 bits per heavy atom. The first kappa shape index (κ1) is 13.3. The second-order valence-electron chi connectivity index (χ2n) is 5.47. The fourth-order valence-electron chi connectivity index (χ4n) is 3.47. The molecule has 5 heteroatoms. The van der Waals surface area contributed by atoms with Crippen molar-refractivity contribution in [1.82, 2.24) is 10.6 Å². The molecular formula is C13H22N2O3. The van der Waals surface area contributed by atoms with Gasteiger partial charge in [-0.3, -0.25) is 9.59 Å². The van der Waals surface area contributed by atoms with E-state index in [1.807, 2.05) is 6.92 Å². The number of fused-ring (bicyclic) bond motifs is 2. The molecule has 0 aliphatic heterocycles. The van der Waals surface area contributed by atoms with Crippen molar-refractivity contribution >= 4 is 11.9 Å². The zero-order valence-corrected chi connectivity index (χ0v) is 10.8. The van der Waals surface area contributed by atoms with Gasteiger partial charge in [0.2, 0.25) is 5.91 Å². The maximum absolute atomic E-state index is 11.8. The molecule has 0 spiro atoms. The van der Waals surface area contributed by atoms with E-state index in [0.29, 0.717) is 5.92 Å². The van der Waals surface area contributed by atoms with Crippen molar-refractivity contribution in [2.24, 2.45) is 17.8 Å². The van der Waals surface area contributed by atoms with Crippen molar-refractivity contribution < 1.29 is 14.7 Å². The number of aliphatic carboxylic acids is 1. The Bertz CT molecular complexity index is 332. The van der Waals surface area contributed by atoms with Gasteiger partial charge in [0.1, 0.15) is 0 Å². The van der Waals surface area contributed by atoms with Gasteiger partial charge in [0, 0.05) is 6.04 Å². The molecule has 4 unspecified atom stereocenters. The Kier molecular flexibility index (Phi) is 4.22. The minimum absolute atomic E-state index is 0.0766. The average Bonchev–Trinajstić information content (AvgIpc) is 2.89. The molecule has 2 aliphatic rings. The van der Waals surface area contributed by atoms with Gasteiger partial charge in [-0.25, -0.2) is 0 Å². The van der Waals surface area contributed by atoms with Crippen molar-refractivity contribution in [3.05, 3.63) is 0 Å². The summed E-state index contributed by atoms with van der Waals surface area (Å²) < 4.78 is 0. The highest BCUT2D eigenvalue weighted by Crippen LogP contribution is 2.48. The molecular weight excluding hydrogens is 232 g/mol. The fourth-order valence-corrected chi connectivity index (χ4v) is 3.47. The predicted molar refractivity (Wildman–Crippen MR) is 67.0 cm³/mol. The zero-order chi connectivity index (χ0) is 13.1. The molecule has 2 aliphatic carbocycles. The molecule has 2 fully saturated rings. The first-order valence-corrected chi connectivity index (χ1v) is 6.86. The lowest BCUT2D eigenvalue weighted by atomic mass is 9.84. The highest BCUT2D eigenvalue weighted by atomic mass is 16.4. The van der Waals surface area contributed by atoms with E-state index in [-0.39, 0.29) is 30.3 Å². The molecule has 18 heavy (non-hydrogen) atoms. The van der Waals surface area contributed by atoms with Gasteiger partial charge in [0.25, 0.3) is 0 Å². The number of carboxylic acid groups (broad SMARTS) is 1. The molecule has 0 saturated heterocycles. The third kappa shape index (κ3) is 2.66. The number of carbonyl (C=O) groups excluding carboxylic acids is 1. The van der Waals surface area contributed by atoms with Crippen molar-refractivity contribution in [3.63, 3.8) is 0 Å². The molecule has 1 amide bonds. The molecule has 0 aromatic carbocycles. The highest BCUT2D eigenvalue weighted by Gasteiger charge is 2.51. The third-order valence-corrected chi connectivity index (χ3v) is 4.24. The number of nitrogens with one attached hydrogen (secondary N) is 2. The van der Waals surface area contributed by atoms with Crippen LogP contribution in [0.3, 0.4) is 0 Å². The second kappa shape index (κ2) is 5.69. The Labute approximate surface area is 107 Å². The summed E-state index contributed by atoms with van der Waals surface area (Å²) in [5.41, 5.74) is 0. The lowest BCUT2D eigenvalue weighted by molar-refractivity contribution is -0.144. The van der Waals surface area contributed by atoms with Crippen LogP contribution in [0.25, 0.3) is 0 Å². The van der Waals surface area contributed by atoms with Crippen LogP contribution in [0.4, 0.5) is 0 Å². The molecule has 2 saturated carbocycles. The predicted octanol–water partition coefficient (Wildman–Crippen LogP) is 0.601. The quantitative estimate of drug-likeness (QED) is 0.607. The van der Waals surface area contributed by atoms with Crippen LogP contribution in [0.15, 0.2) is 0 Å². The number of hydrogen-bond acceptors (Lipinski definition) is 3. The summed E-state index contributed by atoms with van der Waals surface area (Å²) in [6, 6.07) is -0.155. The summed E-state index contributed by atoms with van der Waals surface area (Å²) in [5.74, 6) is -0.576. The number of rotatable bonds is 6. The molecule has 2 bridgehead atoms. The molecule has 5 nitrogen and oxygen atoms in total. The van der Waals surface area contributed by atoms with Crippen molar-refractivity contribution in [2.45, 2.75) is 38.6 Å². The van der Waals surface area contributed by atoms with Gasteiger partial charge in [0.15, 0.2) is 0 Å². The molecule has 4 atom stereocenters. The van der Waals surface area contributed by atoms with Gasteiger partial charge in [-0.05, 0) is 44.1 Å². The minimum Gasteiger partial charge on any atom is -0.481 e. The Hall–Kier alpha value is -1.10. The summed E-state index contributed by atoms with van der Waals surface area (Å²) >= 11 is 0. The van der Waals surface area contributed by atoms with Gasteiger partial charge < -0.3 is 15.7 Å². The number of carboxylic acids is 1. The van der Waals surface area contributed by atoms with E-state index in [2.05, 4.69) is 10.6 Å². The van der Waals surface area contributed by atoms with Gasteiger partial charge >= 0.3 is 5.97 Å². The SMILES string of the molecule is CCCNCC(=O)NC1C2CCC(C2)C1C(=O)O. The van der Waals surface area contributed by atoms with Gasteiger partial charge in [-0.15, -0.1) is 0 Å². The molecule has 102 valence electrons. The van der Waals surface area contributed by atoms with Crippen LogP contribution in [0.5, 0.6) is 0 Å². The smallest absolute Gasteiger partial charge is 0.308 e. The third-order valence-electron chi connectivity index (χ3n) is 4.24. The second-order valence-corrected chi connectivity index (χ2v) is 5.47. The number of amides is 1. The van der Waals surface area contributed by atoms with Crippen molar-refractivity contribution in [1.29, 1.82) is 0 Å². The lowest BCUT2D eigenvalue weighted by Gasteiger charge is -2.28. The summed E-state index contributed by atoms with van der Waals surface area (Å²) in [6.45, 7) is 3.14. The summed E-state index contributed by atoms with van der Waals surface area (Å²) in [6.07, 6.45) is 4.01. The van der Waals surface area contributed by atoms with Crippen LogP contribution in [0.2, 0.25) is 0 Å². The van der Waals surface area contributed by atoms with Crippen LogP contribution in [0.1, 0.15) is 32.6 Å². The molecule has 3 N–H and O–H groups in total. The van der Waals surface area contributed by atoms with Crippen molar-refractivity contribution in [3.8, 4) is 0 Å². The molecule has 2 rings (SSSR count). The van der Waals surface area contributed by atoms with Crippen LogP contribution in [-0.4, -0.2) is 36.1 Å². The largest absolute Gasteiger partial charge is 0.481 e. The van der Waals surface area contributed by atoms with E-state index >= 15 is 0 Å². The topological polar surface area (TPSA) is 78.4 Å². The maximum Gasteiger partial charge on any atom is 0.308 e. The van der Waals surface area contributed by atoms with E-state index in [0.717, 1.165) is 32.2 Å². The maximum atomic E-state index is 11.8. The number of hydrogen-bond donors (Lipinski definition) is 3. The van der Waals surface area contributed by atoms with Crippen LogP contribution >= 0.6 is 0 Å². The fraction of sp³-hybridized carbons (Fsp3) is 0.846. The van der Waals surface area contributed by atoms with Gasteiger partial charge in [-0.2, -0.15) is 0 Å². The summed E-state index contributed by atoms with van der Waals surface area (Å²) in [4.78, 5) is 23.0. The van der Waals surface area contributed by atoms with E-state index in [9.17, 15) is 14.7 Å². The average molecular weight is 254 g/mol. The standard InChI is InChI=1S/C13H22N2O3/c1-2-5-14-7-10(16)15-12-9-4-3-8(6-9)11(12)13(17)18/h8-9,11-12,14H,2-7H2,1H3,(H,15,16)(H,17,18). The Morgan fingerprint density at radius 1 is 1.28 bits per heavy atom. The molecule has 0 aromatic heterocycles. The first-order chi connectivity index (χ1) is 8.63.